The van der Waals surface area contributed by atoms with Gasteiger partial charge in [-0.1, -0.05) is 48.4 Å². The average molecular weight is 1050 g/mol. The summed E-state index contributed by atoms with van der Waals surface area (Å²) in [5.74, 6) is 1.02. The van der Waals surface area contributed by atoms with E-state index in [9.17, 15) is 2.74 Å². The molecule has 12 rings (SSSR count). The van der Waals surface area contributed by atoms with Crippen molar-refractivity contribution >= 4 is 56.8 Å². The van der Waals surface area contributed by atoms with Gasteiger partial charge in [0.25, 0.3) is 0 Å². The Morgan fingerprint density at radius 1 is 0.687 bits per heavy atom. The zero-order chi connectivity index (χ0) is 52.2. The Hall–Kier alpha value is -7.47. The predicted octanol–water partition coefficient (Wildman–Crippen LogP) is 13.7. The minimum absolute atomic E-state index is 0.0999. The van der Waals surface area contributed by atoms with Crippen LogP contribution in [-0.2, 0) is 24.8 Å². The molecule has 8 heteroatoms. The summed E-state index contributed by atoms with van der Waals surface area (Å²) in [5.41, 5.74) is 10.1. The van der Waals surface area contributed by atoms with Crippen molar-refractivity contribution in [3.63, 3.8) is 0 Å². The standard InChI is InChI=1S/C59H44BN5O.Pt/c1-40-35-49(41-19-7-5-8-20-41)57(50(36-40)42-21-15-22-43(37-42)59(2,3)4)63-39-62(52-30-13-14-31-53(52)63)45-25-16-26-46(38-45)66-56-34-18-33-55(61-56)64-54-32-17-28-48-47-27-11-12-29-51(47)65(58(48)54)60(64)44-23-9-6-10-24-44;/h5-31,33-37H,1-4H3;/q-2;/i1D3,6D,9D,10D,23D,24D;. The van der Waals surface area contributed by atoms with E-state index in [0.29, 0.717) is 22.9 Å². The van der Waals surface area contributed by atoms with E-state index in [1.54, 1.807) is 12.1 Å². The van der Waals surface area contributed by atoms with Crippen LogP contribution in [-0.4, -0.2) is 25.6 Å². The minimum Gasteiger partial charge on any atom is -0.174 e. The number of ether oxygens (including phenoxy) is 1. The van der Waals surface area contributed by atoms with Crippen LogP contribution in [0.4, 0.5) is 11.5 Å². The zero-order valence-corrected chi connectivity index (χ0v) is 38.9. The van der Waals surface area contributed by atoms with Crippen molar-refractivity contribution in [3.05, 3.63) is 221 Å². The molecule has 0 saturated heterocycles. The second kappa shape index (κ2) is 16.1. The third kappa shape index (κ3) is 6.91. The number of aromatic nitrogens is 4. The quantitative estimate of drug-likeness (QED) is 0.112. The fraction of sp³-hybridized carbons (Fsp3) is 0.0847. The molecule has 326 valence electrons. The van der Waals surface area contributed by atoms with Gasteiger partial charge in [-0.2, -0.15) is 12.1 Å². The summed E-state index contributed by atoms with van der Waals surface area (Å²) in [6.07, 6.45) is 0. The van der Waals surface area contributed by atoms with E-state index in [4.69, 9.17) is 17.9 Å². The molecule has 0 bridgehead atoms. The second-order valence-electron chi connectivity index (χ2n) is 17.6. The van der Waals surface area contributed by atoms with E-state index < -0.39 is 32.0 Å². The number of fused-ring (bicyclic) bond motifs is 4. The average Bonchev–Trinajstić information content (AvgIpc) is 4.15. The van der Waals surface area contributed by atoms with E-state index >= 15 is 0 Å². The first-order valence-corrected chi connectivity index (χ1v) is 23.1. The number of hydrogen-bond donors (Lipinski definition) is 0. The Bertz CT molecular complexity index is 4170. The van der Waals surface area contributed by atoms with Gasteiger partial charge in [-0.05, 0) is 11.5 Å². The van der Waals surface area contributed by atoms with E-state index in [-0.39, 0.29) is 34.4 Å². The Kier molecular flexibility index (Phi) is 7.97. The Morgan fingerprint density at radius 3 is 2.18 bits per heavy atom. The molecule has 6 nitrogen and oxygen atoms in total. The van der Waals surface area contributed by atoms with Crippen LogP contribution in [0.2, 0.25) is 0 Å². The first kappa shape index (κ1) is 33.1. The normalized spacial score (nSPS) is 14.4. The number of hydrogen-bond acceptors (Lipinski definition) is 3. The van der Waals surface area contributed by atoms with Crippen molar-refractivity contribution in [1.82, 2.24) is 18.6 Å². The van der Waals surface area contributed by atoms with Gasteiger partial charge in [-0.3, -0.25) is 0 Å². The number of anilines is 2. The summed E-state index contributed by atoms with van der Waals surface area (Å²) in [4.78, 5) is 6.92. The third-order valence-electron chi connectivity index (χ3n) is 12.5. The number of rotatable bonds is 8. The molecule has 67 heavy (non-hydrogen) atoms. The van der Waals surface area contributed by atoms with Crippen LogP contribution in [0, 0.1) is 22.8 Å². The summed E-state index contributed by atoms with van der Waals surface area (Å²) in [6.45, 7) is 3.19. The number of imidazole rings is 1. The van der Waals surface area contributed by atoms with Crippen LogP contribution in [0.15, 0.2) is 194 Å². The van der Waals surface area contributed by atoms with Crippen LogP contribution >= 0.6 is 0 Å². The van der Waals surface area contributed by atoms with Gasteiger partial charge >= 0.3 is 325 Å². The third-order valence-corrected chi connectivity index (χ3v) is 13.5. The van der Waals surface area contributed by atoms with Crippen molar-refractivity contribution in [2.45, 2.75) is 33.0 Å². The Balaban J connectivity index is 0.998. The van der Waals surface area contributed by atoms with Crippen LogP contribution in [0.5, 0.6) is 11.6 Å². The molecule has 0 unspecified atom stereocenters. The SMILES string of the molecule is [2H]c1c([2H])c([2H])c(B2N(c3cccc(Oc4[c-]c(-n5[c](=[Pt])n(-c6c(-c7ccccc7)cc(C([2H])([2H])[2H])cc6-c6cccc(C(C)(C)C)c6)c6ccccc65)ccc4)n3)c3[c-]ccc4c5ccccc5n2c34)c([2H])c1[2H]. The number of nitrogens with zero attached hydrogens (tertiary/aromatic N) is 5. The first-order chi connectivity index (χ1) is 36.0. The summed E-state index contributed by atoms with van der Waals surface area (Å²) in [5, 5.41) is 1.90. The molecule has 0 radical (unpaired) electrons. The van der Waals surface area contributed by atoms with E-state index in [1.807, 2.05) is 131 Å². The van der Waals surface area contributed by atoms with Crippen LogP contribution in [0.25, 0.3) is 66.5 Å². The number of aryl methyl sites for hydroxylation is 1. The van der Waals surface area contributed by atoms with Gasteiger partial charge in [0.05, 0.1) is 6.85 Å². The molecule has 3 aromatic heterocycles. The predicted molar refractivity (Wildman–Crippen MR) is 271 cm³/mol. The molecule has 11 aromatic rings. The molecule has 0 amide bonds. The van der Waals surface area contributed by atoms with Crippen LogP contribution in [0.1, 0.15) is 42.9 Å². The first-order valence-electron chi connectivity index (χ1n) is 26.0. The maximum absolute atomic E-state index is 9.17. The zero-order valence-electron chi connectivity index (χ0n) is 44.6. The van der Waals surface area contributed by atoms with Gasteiger partial charge in [-0.25, -0.2) is 0 Å². The smallest absolute Gasteiger partial charge is 0.174 e. The van der Waals surface area contributed by atoms with E-state index in [1.165, 1.54) is 0 Å². The Morgan fingerprint density at radius 2 is 1.39 bits per heavy atom. The van der Waals surface area contributed by atoms with Gasteiger partial charge in [-0.15, -0.1) is 5.39 Å². The van der Waals surface area contributed by atoms with Crippen molar-refractivity contribution in [2.75, 3.05) is 4.81 Å². The summed E-state index contributed by atoms with van der Waals surface area (Å²) in [7, 11) is 0. The van der Waals surface area contributed by atoms with Gasteiger partial charge in [0.15, 0.2) is 0 Å². The van der Waals surface area contributed by atoms with Gasteiger partial charge in [0, 0.05) is 5.52 Å². The fourth-order valence-corrected chi connectivity index (χ4v) is 10.6. The molecule has 1 aliphatic rings. The Labute approximate surface area is 412 Å². The van der Waals surface area contributed by atoms with Gasteiger partial charge < -0.3 is 0 Å². The minimum atomic E-state index is -2.39. The summed E-state index contributed by atoms with van der Waals surface area (Å²) < 4.78 is 83.9. The molecule has 0 fully saturated rings. The number of benzene rings is 8. The fourth-order valence-electron chi connectivity index (χ4n) is 9.51. The molecule has 0 spiro atoms. The molecule has 8 aromatic carbocycles. The molecule has 1 aliphatic heterocycles. The second-order valence-corrected chi connectivity index (χ2v) is 18.6. The monoisotopic (exact) mass is 1050 g/mol. The van der Waals surface area contributed by atoms with Gasteiger partial charge in [0.2, 0.25) is 0 Å². The van der Waals surface area contributed by atoms with Crippen molar-refractivity contribution in [3.8, 4) is 45.3 Å². The van der Waals surface area contributed by atoms with E-state index in [0.717, 1.165) is 70.1 Å². The van der Waals surface area contributed by atoms with E-state index in [2.05, 4.69) is 91.7 Å². The molecule has 4 heterocycles. The molecular weight excluding hydrogens is 1000 g/mol. The van der Waals surface area contributed by atoms with Crippen molar-refractivity contribution in [1.29, 1.82) is 0 Å². The summed E-state index contributed by atoms with van der Waals surface area (Å²) >= 11 is 2.35. The molecule has 0 aliphatic carbocycles. The molecule has 0 atom stereocenters. The molecule has 0 N–H and O–H groups in total. The number of para-hydroxylation sites is 3. The topological polar surface area (TPSA) is 40.1 Å². The number of pyridine rings is 1. The summed E-state index contributed by atoms with van der Waals surface area (Å²) in [6, 6.07) is 57.8. The van der Waals surface area contributed by atoms with Crippen LogP contribution < -0.4 is 15.0 Å². The molecule has 0 saturated carbocycles. The maximum atomic E-state index is 9.17. The van der Waals surface area contributed by atoms with Gasteiger partial charge in [0.1, 0.15) is 0 Å². The van der Waals surface area contributed by atoms with Crippen LogP contribution in [0.3, 0.4) is 0 Å². The molecular formula is C59H44BN5OPt-2. The van der Waals surface area contributed by atoms with Crippen molar-refractivity contribution in [2.24, 2.45) is 0 Å². The van der Waals surface area contributed by atoms with Crippen molar-refractivity contribution < 1.29 is 35.1 Å².